The molecule has 0 radical (unpaired) electrons. The van der Waals surface area contributed by atoms with Crippen molar-refractivity contribution in [2.45, 2.75) is 25.8 Å². The molecule has 1 N–H and O–H groups in total. The Balaban J connectivity index is 1.35. The van der Waals surface area contributed by atoms with Gasteiger partial charge in [0.2, 0.25) is 5.91 Å². The zero-order valence-corrected chi connectivity index (χ0v) is 15.4. The van der Waals surface area contributed by atoms with Gasteiger partial charge in [-0.3, -0.25) is 19.2 Å². The maximum Gasteiger partial charge on any atom is 0.264 e. The van der Waals surface area contributed by atoms with E-state index in [1.165, 1.54) is 11.3 Å². The summed E-state index contributed by atoms with van der Waals surface area (Å²) in [5, 5.41) is 8.46. The standard InChI is InChI=1S/C17H23N5O2S/c1-11-13-9-14(25-17(13)20(2)19-11)16(24)22-7-5-21(6-8-22)10-15(23)18-12-3-4-12/h9,12H,3-8,10H2,1-2H3,(H,18,23). The highest BCUT2D eigenvalue weighted by molar-refractivity contribution is 7.20. The highest BCUT2D eigenvalue weighted by Gasteiger charge is 2.27. The maximum absolute atomic E-state index is 12.8. The third kappa shape index (κ3) is 3.41. The first-order chi connectivity index (χ1) is 12.0. The van der Waals surface area contributed by atoms with Crippen LogP contribution in [0.2, 0.25) is 0 Å². The van der Waals surface area contributed by atoms with E-state index in [0.717, 1.165) is 46.7 Å². The number of carbonyl (C=O) groups excluding carboxylic acids is 2. The van der Waals surface area contributed by atoms with Gasteiger partial charge in [-0.25, -0.2) is 0 Å². The van der Waals surface area contributed by atoms with Gasteiger partial charge in [-0.1, -0.05) is 0 Å². The third-order valence-corrected chi connectivity index (χ3v) is 6.07. The van der Waals surface area contributed by atoms with Crippen molar-refractivity contribution in [2.24, 2.45) is 7.05 Å². The first-order valence-electron chi connectivity index (χ1n) is 8.75. The largest absolute Gasteiger partial charge is 0.352 e. The fourth-order valence-electron chi connectivity index (χ4n) is 3.28. The Labute approximate surface area is 150 Å². The number of hydrogen-bond donors (Lipinski definition) is 1. The van der Waals surface area contributed by atoms with Crippen LogP contribution in [-0.4, -0.2) is 70.2 Å². The molecule has 4 rings (SSSR count). The molecule has 0 atom stereocenters. The number of thiophene rings is 1. The van der Waals surface area contributed by atoms with E-state index in [-0.39, 0.29) is 11.8 Å². The van der Waals surface area contributed by atoms with Gasteiger partial charge < -0.3 is 10.2 Å². The smallest absolute Gasteiger partial charge is 0.264 e. The molecule has 7 nitrogen and oxygen atoms in total. The quantitative estimate of drug-likeness (QED) is 0.881. The van der Waals surface area contributed by atoms with Crippen molar-refractivity contribution in [3.8, 4) is 0 Å². The minimum atomic E-state index is 0.0858. The average molecular weight is 361 g/mol. The second kappa shape index (κ2) is 6.42. The van der Waals surface area contributed by atoms with Crippen LogP contribution < -0.4 is 5.32 Å². The number of hydrogen-bond acceptors (Lipinski definition) is 5. The molecule has 0 bridgehead atoms. The molecule has 2 fully saturated rings. The summed E-state index contributed by atoms with van der Waals surface area (Å²) in [5.74, 6) is 0.192. The fraction of sp³-hybridized carbons (Fsp3) is 0.588. The van der Waals surface area contributed by atoms with E-state index in [1.54, 1.807) is 0 Å². The molecule has 0 unspecified atom stereocenters. The first-order valence-corrected chi connectivity index (χ1v) is 9.57. The Morgan fingerprint density at radius 3 is 2.64 bits per heavy atom. The lowest BCUT2D eigenvalue weighted by molar-refractivity contribution is -0.122. The molecule has 1 aliphatic carbocycles. The summed E-state index contributed by atoms with van der Waals surface area (Å²) in [6.45, 7) is 5.23. The summed E-state index contributed by atoms with van der Waals surface area (Å²) >= 11 is 1.50. The Hall–Kier alpha value is -1.93. The second-order valence-electron chi connectivity index (χ2n) is 6.95. The number of carbonyl (C=O) groups is 2. The summed E-state index contributed by atoms with van der Waals surface area (Å²) in [5.41, 5.74) is 0.958. The van der Waals surface area contributed by atoms with E-state index in [0.29, 0.717) is 25.7 Å². The molecular formula is C17H23N5O2S. The molecule has 1 saturated heterocycles. The van der Waals surface area contributed by atoms with Crippen molar-refractivity contribution in [3.63, 3.8) is 0 Å². The number of nitrogens with zero attached hydrogens (tertiary/aromatic N) is 4. The summed E-state index contributed by atoms with van der Waals surface area (Å²) < 4.78 is 1.84. The molecule has 8 heteroatoms. The van der Waals surface area contributed by atoms with Gasteiger partial charge in [0.1, 0.15) is 4.83 Å². The van der Waals surface area contributed by atoms with Crippen LogP contribution in [0.5, 0.6) is 0 Å². The maximum atomic E-state index is 12.8. The Kier molecular flexibility index (Phi) is 4.24. The molecule has 1 saturated carbocycles. The summed E-state index contributed by atoms with van der Waals surface area (Å²) in [7, 11) is 1.91. The van der Waals surface area contributed by atoms with Crippen LogP contribution >= 0.6 is 11.3 Å². The average Bonchev–Trinajstić information content (AvgIpc) is 3.20. The Bertz CT molecular complexity index is 780. The molecule has 134 valence electrons. The fourth-order valence-corrected chi connectivity index (χ4v) is 4.37. The van der Waals surface area contributed by atoms with Crippen LogP contribution in [0.1, 0.15) is 28.2 Å². The van der Waals surface area contributed by atoms with Gasteiger partial charge >= 0.3 is 0 Å². The van der Waals surface area contributed by atoms with Crippen molar-refractivity contribution in [2.75, 3.05) is 32.7 Å². The zero-order valence-electron chi connectivity index (χ0n) is 14.6. The van der Waals surface area contributed by atoms with Crippen LogP contribution in [0.25, 0.3) is 10.2 Å². The van der Waals surface area contributed by atoms with E-state index in [2.05, 4.69) is 15.3 Å². The number of fused-ring (bicyclic) bond motifs is 1. The van der Waals surface area contributed by atoms with Gasteiger partial charge in [0.25, 0.3) is 5.91 Å². The zero-order chi connectivity index (χ0) is 17.6. The lowest BCUT2D eigenvalue weighted by atomic mass is 10.2. The van der Waals surface area contributed by atoms with Gasteiger partial charge in [0.15, 0.2) is 0 Å². The van der Waals surface area contributed by atoms with Crippen LogP contribution in [0.3, 0.4) is 0 Å². The Morgan fingerprint density at radius 2 is 2.00 bits per heavy atom. The van der Waals surface area contributed by atoms with Crippen molar-refractivity contribution < 1.29 is 9.59 Å². The van der Waals surface area contributed by atoms with Crippen LogP contribution in [-0.2, 0) is 11.8 Å². The molecule has 1 aliphatic heterocycles. The monoisotopic (exact) mass is 361 g/mol. The number of piperazine rings is 1. The molecule has 0 spiro atoms. The van der Waals surface area contributed by atoms with E-state index in [1.807, 2.05) is 29.6 Å². The van der Waals surface area contributed by atoms with Gasteiger partial charge in [-0.2, -0.15) is 5.10 Å². The molecule has 2 aliphatic rings. The van der Waals surface area contributed by atoms with E-state index in [9.17, 15) is 9.59 Å². The molecule has 2 aromatic rings. The minimum Gasteiger partial charge on any atom is -0.352 e. The van der Waals surface area contributed by atoms with E-state index >= 15 is 0 Å². The molecule has 25 heavy (non-hydrogen) atoms. The highest BCUT2D eigenvalue weighted by Crippen LogP contribution is 2.28. The lowest BCUT2D eigenvalue weighted by Gasteiger charge is -2.34. The van der Waals surface area contributed by atoms with Crippen LogP contribution in [0.15, 0.2) is 6.07 Å². The SMILES string of the molecule is Cc1nn(C)c2sc(C(=O)N3CCN(CC(=O)NC4CC4)CC3)cc12. The predicted octanol–water partition coefficient (Wildman–Crippen LogP) is 0.980. The number of nitrogens with one attached hydrogen (secondary N) is 1. The highest BCUT2D eigenvalue weighted by atomic mass is 32.1. The molecule has 2 aromatic heterocycles. The van der Waals surface area contributed by atoms with Crippen molar-refractivity contribution in [1.82, 2.24) is 24.9 Å². The topological polar surface area (TPSA) is 70.5 Å². The first kappa shape index (κ1) is 16.5. The van der Waals surface area contributed by atoms with Gasteiger partial charge in [-0.05, 0) is 25.8 Å². The van der Waals surface area contributed by atoms with E-state index in [4.69, 9.17) is 0 Å². The summed E-state index contributed by atoms with van der Waals surface area (Å²) in [4.78, 5) is 30.5. The van der Waals surface area contributed by atoms with Crippen molar-refractivity contribution >= 4 is 33.4 Å². The molecule has 0 aromatic carbocycles. The van der Waals surface area contributed by atoms with Crippen molar-refractivity contribution in [1.29, 1.82) is 0 Å². The second-order valence-corrected chi connectivity index (χ2v) is 7.98. The van der Waals surface area contributed by atoms with Crippen LogP contribution in [0.4, 0.5) is 0 Å². The van der Waals surface area contributed by atoms with Gasteiger partial charge in [0, 0.05) is 44.7 Å². The van der Waals surface area contributed by atoms with Gasteiger partial charge in [0.05, 0.1) is 17.1 Å². The third-order valence-electron chi connectivity index (χ3n) is 4.88. The Morgan fingerprint density at radius 1 is 1.28 bits per heavy atom. The van der Waals surface area contributed by atoms with Crippen molar-refractivity contribution in [3.05, 3.63) is 16.6 Å². The predicted molar refractivity (Wildman–Crippen MR) is 96.8 cm³/mol. The normalized spacial score (nSPS) is 18.7. The van der Waals surface area contributed by atoms with E-state index < -0.39 is 0 Å². The summed E-state index contributed by atoms with van der Waals surface area (Å²) in [6.07, 6.45) is 2.22. The number of aromatic nitrogens is 2. The molecular weight excluding hydrogens is 338 g/mol. The number of aryl methyl sites for hydroxylation is 2. The van der Waals surface area contributed by atoms with Crippen LogP contribution in [0, 0.1) is 6.92 Å². The summed E-state index contributed by atoms with van der Waals surface area (Å²) in [6, 6.07) is 2.36. The molecule has 2 amide bonds. The lowest BCUT2D eigenvalue weighted by Crippen LogP contribution is -2.51. The molecule has 3 heterocycles. The number of amides is 2. The van der Waals surface area contributed by atoms with Gasteiger partial charge in [-0.15, -0.1) is 11.3 Å². The minimum absolute atomic E-state index is 0.0858. The number of rotatable bonds is 4.